The van der Waals surface area contributed by atoms with Crippen molar-refractivity contribution in [3.8, 4) is 11.4 Å². The maximum atomic E-state index is 12.4. The molecule has 9 nitrogen and oxygen atoms in total. The SMILES string of the molecule is CC(C)n1nnnc1-c1cccc(C(=O)NCC(=O)N2CCOCC2)c1. The van der Waals surface area contributed by atoms with Crippen molar-refractivity contribution in [1.29, 1.82) is 0 Å². The summed E-state index contributed by atoms with van der Waals surface area (Å²) in [6.07, 6.45) is 0. The van der Waals surface area contributed by atoms with E-state index in [4.69, 9.17) is 4.74 Å². The van der Waals surface area contributed by atoms with Gasteiger partial charge in [-0.2, -0.15) is 0 Å². The second kappa shape index (κ2) is 8.05. The number of carbonyl (C=O) groups excluding carboxylic acids is 2. The smallest absolute Gasteiger partial charge is 0.251 e. The maximum Gasteiger partial charge on any atom is 0.251 e. The molecule has 26 heavy (non-hydrogen) atoms. The molecule has 0 unspecified atom stereocenters. The Labute approximate surface area is 151 Å². The minimum absolute atomic E-state index is 0.0349. The number of nitrogens with zero attached hydrogens (tertiary/aromatic N) is 5. The molecular formula is C17H22N6O3. The fourth-order valence-corrected chi connectivity index (χ4v) is 2.71. The second-order valence-corrected chi connectivity index (χ2v) is 6.30. The lowest BCUT2D eigenvalue weighted by atomic mass is 10.1. The highest BCUT2D eigenvalue weighted by atomic mass is 16.5. The number of tetrazole rings is 1. The van der Waals surface area contributed by atoms with E-state index in [1.165, 1.54) is 0 Å². The van der Waals surface area contributed by atoms with Crippen molar-refractivity contribution < 1.29 is 14.3 Å². The van der Waals surface area contributed by atoms with Gasteiger partial charge in [0.05, 0.1) is 25.8 Å². The van der Waals surface area contributed by atoms with Gasteiger partial charge in [0.15, 0.2) is 5.82 Å². The third-order valence-electron chi connectivity index (χ3n) is 4.13. The number of nitrogens with one attached hydrogen (secondary N) is 1. The van der Waals surface area contributed by atoms with Crippen LogP contribution in [0.1, 0.15) is 30.2 Å². The van der Waals surface area contributed by atoms with E-state index in [0.717, 1.165) is 5.56 Å². The topological polar surface area (TPSA) is 102 Å². The third kappa shape index (κ3) is 4.05. The van der Waals surface area contributed by atoms with Gasteiger partial charge in [0.2, 0.25) is 5.91 Å². The minimum Gasteiger partial charge on any atom is -0.378 e. The first-order chi connectivity index (χ1) is 12.6. The van der Waals surface area contributed by atoms with Gasteiger partial charge in [-0.25, -0.2) is 4.68 Å². The molecule has 1 saturated heterocycles. The standard InChI is InChI=1S/C17H22N6O3/c1-12(2)23-16(19-20-21-23)13-4-3-5-14(10-13)17(25)18-11-15(24)22-6-8-26-9-7-22/h3-5,10,12H,6-9,11H2,1-2H3,(H,18,25). The van der Waals surface area contributed by atoms with Crippen LogP contribution in [0.5, 0.6) is 0 Å². The molecule has 0 aliphatic carbocycles. The molecule has 138 valence electrons. The van der Waals surface area contributed by atoms with E-state index in [2.05, 4.69) is 20.8 Å². The molecule has 1 aromatic carbocycles. The molecule has 0 radical (unpaired) electrons. The van der Waals surface area contributed by atoms with Crippen molar-refractivity contribution in [2.24, 2.45) is 0 Å². The van der Waals surface area contributed by atoms with Gasteiger partial charge in [-0.15, -0.1) is 5.10 Å². The number of morpholine rings is 1. The molecule has 0 bridgehead atoms. The van der Waals surface area contributed by atoms with Crippen molar-refractivity contribution in [3.05, 3.63) is 29.8 Å². The Balaban J connectivity index is 1.66. The Hall–Kier alpha value is -2.81. The summed E-state index contributed by atoms with van der Waals surface area (Å²) in [6, 6.07) is 7.14. The Bertz CT molecular complexity index is 782. The second-order valence-electron chi connectivity index (χ2n) is 6.30. The highest BCUT2D eigenvalue weighted by molar-refractivity contribution is 5.97. The van der Waals surface area contributed by atoms with Gasteiger partial charge < -0.3 is 15.0 Å². The monoisotopic (exact) mass is 358 g/mol. The van der Waals surface area contributed by atoms with Gasteiger partial charge in [-0.1, -0.05) is 12.1 Å². The number of amides is 2. The van der Waals surface area contributed by atoms with Crippen LogP contribution in [0, 0.1) is 0 Å². The van der Waals surface area contributed by atoms with Crippen LogP contribution in [0.3, 0.4) is 0 Å². The molecule has 3 rings (SSSR count). The van der Waals surface area contributed by atoms with Gasteiger partial charge >= 0.3 is 0 Å². The lowest BCUT2D eigenvalue weighted by Gasteiger charge is -2.26. The van der Waals surface area contributed by atoms with E-state index >= 15 is 0 Å². The number of carbonyl (C=O) groups is 2. The van der Waals surface area contributed by atoms with Crippen molar-refractivity contribution in [1.82, 2.24) is 30.4 Å². The van der Waals surface area contributed by atoms with Crippen LogP contribution in [-0.2, 0) is 9.53 Å². The van der Waals surface area contributed by atoms with E-state index in [0.29, 0.717) is 37.7 Å². The largest absolute Gasteiger partial charge is 0.378 e. The summed E-state index contributed by atoms with van der Waals surface area (Å²) in [5.41, 5.74) is 1.20. The number of ether oxygens (including phenoxy) is 1. The highest BCUT2D eigenvalue weighted by Crippen LogP contribution is 2.20. The third-order valence-corrected chi connectivity index (χ3v) is 4.13. The predicted molar refractivity (Wildman–Crippen MR) is 93.4 cm³/mol. The number of hydrogen-bond acceptors (Lipinski definition) is 6. The Morgan fingerprint density at radius 3 is 2.77 bits per heavy atom. The average Bonchev–Trinajstić information content (AvgIpc) is 3.17. The molecule has 0 saturated carbocycles. The molecule has 1 fully saturated rings. The molecule has 1 aliphatic heterocycles. The molecule has 2 amide bonds. The summed E-state index contributed by atoms with van der Waals surface area (Å²) in [5.74, 6) is 0.178. The van der Waals surface area contributed by atoms with Gasteiger partial charge in [-0.05, 0) is 36.4 Å². The van der Waals surface area contributed by atoms with Crippen LogP contribution in [0.4, 0.5) is 0 Å². The zero-order chi connectivity index (χ0) is 18.5. The molecule has 0 spiro atoms. The number of benzene rings is 1. The average molecular weight is 358 g/mol. The van der Waals surface area contributed by atoms with Crippen molar-refractivity contribution >= 4 is 11.8 Å². The van der Waals surface area contributed by atoms with E-state index < -0.39 is 0 Å². The van der Waals surface area contributed by atoms with Crippen molar-refractivity contribution in [2.45, 2.75) is 19.9 Å². The number of aromatic nitrogens is 4. The molecule has 0 atom stereocenters. The fourth-order valence-electron chi connectivity index (χ4n) is 2.71. The Morgan fingerprint density at radius 2 is 2.04 bits per heavy atom. The van der Waals surface area contributed by atoms with E-state index in [9.17, 15) is 9.59 Å². The van der Waals surface area contributed by atoms with E-state index in [-0.39, 0.29) is 24.4 Å². The molecular weight excluding hydrogens is 336 g/mol. The number of rotatable bonds is 5. The van der Waals surface area contributed by atoms with Crippen LogP contribution in [0.2, 0.25) is 0 Å². The van der Waals surface area contributed by atoms with Gasteiger partial charge in [0.25, 0.3) is 5.91 Å². The van der Waals surface area contributed by atoms with Crippen LogP contribution >= 0.6 is 0 Å². The maximum absolute atomic E-state index is 12.4. The van der Waals surface area contributed by atoms with Crippen molar-refractivity contribution in [3.63, 3.8) is 0 Å². The van der Waals surface area contributed by atoms with Crippen molar-refractivity contribution in [2.75, 3.05) is 32.8 Å². The molecule has 1 aliphatic rings. The molecule has 1 N–H and O–H groups in total. The summed E-state index contributed by atoms with van der Waals surface area (Å²) in [4.78, 5) is 26.2. The van der Waals surface area contributed by atoms with Crippen LogP contribution in [-0.4, -0.2) is 69.8 Å². The quantitative estimate of drug-likeness (QED) is 0.835. The van der Waals surface area contributed by atoms with Crippen LogP contribution < -0.4 is 5.32 Å². The molecule has 1 aromatic heterocycles. The lowest BCUT2D eigenvalue weighted by molar-refractivity contribution is -0.134. The zero-order valence-corrected chi connectivity index (χ0v) is 14.9. The molecule has 9 heteroatoms. The minimum atomic E-state index is -0.308. The first-order valence-electron chi connectivity index (χ1n) is 8.58. The predicted octanol–water partition coefficient (Wildman–Crippen LogP) is 0.510. The summed E-state index contributed by atoms with van der Waals surface area (Å²) in [7, 11) is 0. The number of hydrogen-bond donors (Lipinski definition) is 1. The van der Waals surface area contributed by atoms with Crippen LogP contribution in [0.25, 0.3) is 11.4 Å². The first-order valence-corrected chi connectivity index (χ1v) is 8.58. The summed E-state index contributed by atoms with van der Waals surface area (Å²) in [5, 5.41) is 14.4. The molecule has 2 heterocycles. The lowest BCUT2D eigenvalue weighted by Crippen LogP contribution is -2.45. The van der Waals surface area contributed by atoms with Gasteiger partial charge in [-0.3, -0.25) is 9.59 Å². The van der Waals surface area contributed by atoms with Crippen LogP contribution in [0.15, 0.2) is 24.3 Å². The summed E-state index contributed by atoms with van der Waals surface area (Å²) < 4.78 is 6.91. The van der Waals surface area contributed by atoms with E-state index in [1.807, 2.05) is 19.9 Å². The Morgan fingerprint density at radius 1 is 1.27 bits per heavy atom. The molecule has 2 aromatic rings. The normalized spacial score (nSPS) is 14.5. The van der Waals surface area contributed by atoms with Gasteiger partial charge in [0, 0.05) is 24.2 Å². The first kappa shape index (κ1) is 18.0. The van der Waals surface area contributed by atoms with Gasteiger partial charge in [0.1, 0.15) is 0 Å². The Kier molecular flexibility index (Phi) is 5.57. The zero-order valence-electron chi connectivity index (χ0n) is 14.9. The summed E-state index contributed by atoms with van der Waals surface area (Å²) in [6.45, 7) is 6.11. The fraction of sp³-hybridized carbons (Fsp3) is 0.471. The highest BCUT2D eigenvalue weighted by Gasteiger charge is 2.18. The van der Waals surface area contributed by atoms with E-state index in [1.54, 1.807) is 27.8 Å². The summed E-state index contributed by atoms with van der Waals surface area (Å²) >= 11 is 0.